The van der Waals surface area contributed by atoms with Crippen molar-refractivity contribution < 1.29 is 9.47 Å². The molecule has 1 N–H and O–H groups in total. The summed E-state index contributed by atoms with van der Waals surface area (Å²) in [4.78, 5) is 14.2. The maximum Gasteiger partial charge on any atom is 0.324 e. The minimum atomic E-state index is 0.257. The third kappa shape index (κ3) is 4.03. The Kier molecular flexibility index (Phi) is 5.41. The van der Waals surface area contributed by atoms with Crippen molar-refractivity contribution >= 4 is 5.95 Å². The van der Waals surface area contributed by atoms with Crippen LogP contribution in [0.15, 0.2) is 0 Å². The Labute approximate surface area is 101 Å². The largest absolute Gasteiger partial charge is 0.467 e. The Morgan fingerprint density at radius 1 is 1.12 bits per heavy atom. The molecule has 7 heteroatoms. The van der Waals surface area contributed by atoms with Gasteiger partial charge in [0.15, 0.2) is 0 Å². The summed E-state index contributed by atoms with van der Waals surface area (Å²) in [6, 6.07) is 0.514. The second-order valence-corrected chi connectivity index (χ2v) is 3.49. The summed E-state index contributed by atoms with van der Waals surface area (Å²) in [6.45, 7) is 1.79. The minimum Gasteiger partial charge on any atom is -0.467 e. The van der Waals surface area contributed by atoms with Gasteiger partial charge >= 0.3 is 12.0 Å². The second-order valence-electron chi connectivity index (χ2n) is 3.49. The molecule has 1 rings (SSSR count). The second kappa shape index (κ2) is 6.85. The number of nitrogens with one attached hydrogen (secondary N) is 1. The molecule has 0 atom stereocenters. The predicted octanol–water partition coefficient (Wildman–Crippen LogP) is -0.0655. The van der Waals surface area contributed by atoms with Crippen LogP contribution in [0.25, 0.3) is 0 Å². The molecule has 1 aromatic heterocycles. The van der Waals surface area contributed by atoms with E-state index in [4.69, 9.17) is 9.47 Å². The highest BCUT2D eigenvalue weighted by Gasteiger charge is 2.10. The molecule has 0 saturated carbocycles. The van der Waals surface area contributed by atoms with E-state index in [1.165, 1.54) is 14.2 Å². The molecule has 0 bridgehead atoms. The van der Waals surface area contributed by atoms with Crippen molar-refractivity contribution in [2.24, 2.45) is 0 Å². The molecule has 0 amide bonds. The molecule has 0 saturated heterocycles. The van der Waals surface area contributed by atoms with E-state index in [2.05, 4.69) is 20.3 Å². The van der Waals surface area contributed by atoms with Gasteiger partial charge in [-0.25, -0.2) is 0 Å². The van der Waals surface area contributed by atoms with Crippen molar-refractivity contribution in [2.45, 2.75) is 6.42 Å². The highest BCUT2D eigenvalue weighted by molar-refractivity contribution is 5.30. The van der Waals surface area contributed by atoms with Crippen LogP contribution in [0, 0.1) is 0 Å². The van der Waals surface area contributed by atoms with Crippen molar-refractivity contribution in [1.82, 2.24) is 20.3 Å². The molecule has 17 heavy (non-hydrogen) atoms. The fourth-order valence-electron chi connectivity index (χ4n) is 1.27. The first-order valence-corrected chi connectivity index (χ1v) is 5.41. The Morgan fingerprint density at radius 3 is 2.18 bits per heavy atom. The van der Waals surface area contributed by atoms with Gasteiger partial charge in [0.1, 0.15) is 0 Å². The van der Waals surface area contributed by atoms with Crippen LogP contribution < -0.4 is 19.7 Å². The average molecular weight is 241 g/mol. The quantitative estimate of drug-likeness (QED) is 0.670. The number of methoxy groups -OCH3 is 2. The van der Waals surface area contributed by atoms with Crippen molar-refractivity contribution in [1.29, 1.82) is 0 Å². The lowest BCUT2D eigenvalue weighted by molar-refractivity contribution is 0.340. The van der Waals surface area contributed by atoms with Crippen LogP contribution in [0.3, 0.4) is 0 Å². The van der Waals surface area contributed by atoms with Crippen LogP contribution in [0.4, 0.5) is 5.95 Å². The summed E-state index contributed by atoms with van der Waals surface area (Å²) in [5.74, 6) is 0.546. The molecule has 0 unspecified atom stereocenters. The molecule has 1 heterocycles. The molecule has 96 valence electrons. The lowest BCUT2D eigenvalue weighted by atomic mass is 10.4. The van der Waals surface area contributed by atoms with Gasteiger partial charge in [-0.15, -0.1) is 4.98 Å². The predicted molar refractivity (Wildman–Crippen MR) is 64.7 cm³/mol. The van der Waals surface area contributed by atoms with Gasteiger partial charge in [0.25, 0.3) is 0 Å². The molecule has 0 aliphatic rings. The smallest absolute Gasteiger partial charge is 0.324 e. The summed E-state index contributed by atoms with van der Waals surface area (Å²) < 4.78 is 9.98. The van der Waals surface area contributed by atoms with Crippen LogP contribution in [0.5, 0.6) is 12.0 Å². The van der Waals surface area contributed by atoms with Crippen molar-refractivity contribution in [3.8, 4) is 12.0 Å². The van der Waals surface area contributed by atoms with Gasteiger partial charge in [0.05, 0.1) is 14.2 Å². The summed E-state index contributed by atoms with van der Waals surface area (Å²) in [7, 11) is 6.87. The van der Waals surface area contributed by atoms with Gasteiger partial charge in [-0.1, -0.05) is 0 Å². The number of ether oxygens (including phenoxy) is 2. The SMILES string of the molecule is CNCCCN(C)c1nc(OC)nc(OC)n1. The Hall–Kier alpha value is -1.63. The van der Waals surface area contributed by atoms with Crippen LogP contribution in [-0.4, -0.2) is 56.4 Å². The number of rotatable bonds is 7. The Balaban J connectivity index is 2.73. The summed E-state index contributed by atoms with van der Waals surface area (Å²) in [6.07, 6.45) is 1.00. The van der Waals surface area contributed by atoms with E-state index in [0.717, 1.165) is 19.5 Å². The van der Waals surface area contributed by atoms with Gasteiger partial charge in [0.2, 0.25) is 5.95 Å². The van der Waals surface area contributed by atoms with Gasteiger partial charge in [0, 0.05) is 13.6 Å². The third-order valence-electron chi connectivity index (χ3n) is 2.21. The fourth-order valence-corrected chi connectivity index (χ4v) is 1.27. The lowest BCUT2D eigenvalue weighted by Crippen LogP contribution is -2.24. The first-order valence-electron chi connectivity index (χ1n) is 5.41. The zero-order valence-corrected chi connectivity index (χ0v) is 10.7. The molecule has 0 aromatic carbocycles. The van der Waals surface area contributed by atoms with Crippen molar-refractivity contribution in [2.75, 3.05) is 46.3 Å². The number of hydrogen-bond acceptors (Lipinski definition) is 7. The van der Waals surface area contributed by atoms with Gasteiger partial charge in [-0.3, -0.25) is 0 Å². The standard InChI is InChI=1S/C10H19N5O2/c1-11-6-5-7-15(2)8-12-9(16-3)14-10(13-8)17-4/h11H,5-7H2,1-4H3. The fraction of sp³-hybridized carbons (Fsp3) is 0.700. The Bertz CT molecular complexity index is 325. The van der Waals surface area contributed by atoms with Crippen LogP contribution in [-0.2, 0) is 0 Å². The van der Waals surface area contributed by atoms with Gasteiger partial charge in [-0.2, -0.15) is 9.97 Å². The number of hydrogen-bond donors (Lipinski definition) is 1. The molecule has 1 aromatic rings. The van der Waals surface area contributed by atoms with E-state index in [1.54, 1.807) is 0 Å². The molecule has 7 nitrogen and oxygen atoms in total. The number of aromatic nitrogens is 3. The maximum absolute atomic E-state index is 4.99. The van der Waals surface area contributed by atoms with Crippen LogP contribution in [0.1, 0.15) is 6.42 Å². The van der Waals surface area contributed by atoms with Gasteiger partial charge < -0.3 is 19.7 Å². The van der Waals surface area contributed by atoms with E-state index in [9.17, 15) is 0 Å². The number of nitrogens with zero attached hydrogens (tertiary/aromatic N) is 4. The average Bonchev–Trinajstić information content (AvgIpc) is 2.38. The minimum absolute atomic E-state index is 0.257. The first kappa shape index (κ1) is 13.4. The topological polar surface area (TPSA) is 72.4 Å². The summed E-state index contributed by atoms with van der Waals surface area (Å²) >= 11 is 0. The highest BCUT2D eigenvalue weighted by Crippen LogP contribution is 2.14. The first-order chi connectivity index (χ1) is 8.21. The molecular weight excluding hydrogens is 222 g/mol. The zero-order chi connectivity index (χ0) is 12.7. The third-order valence-corrected chi connectivity index (χ3v) is 2.21. The Morgan fingerprint density at radius 2 is 1.71 bits per heavy atom. The normalized spacial score (nSPS) is 10.1. The maximum atomic E-state index is 4.99. The highest BCUT2D eigenvalue weighted by atomic mass is 16.5. The van der Waals surface area contributed by atoms with E-state index < -0.39 is 0 Å². The molecule has 0 radical (unpaired) electrons. The van der Waals surface area contributed by atoms with E-state index in [1.807, 2.05) is 19.0 Å². The van der Waals surface area contributed by atoms with E-state index >= 15 is 0 Å². The molecule has 0 aliphatic carbocycles. The summed E-state index contributed by atoms with van der Waals surface area (Å²) in [5.41, 5.74) is 0. The monoisotopic (exact) mass is 241 g/mol. The van der Waals surface area contributed by atoms with E-state index in [0.29, 0.717) is 5.95 Å². The lowest BCUT2D eigenvalue weighted by Gasteiger charge is -2.17. The van der Waals surface area contributed by atoms with Crippen LogP contribution >= 0.6 is 0 Å². The van der Waals surface area contributed by atoms with Crippen molar-refractivity contribution in [3.05, 3.63) is 0 Å². The molecule has 0 fully saturated rings. The molecular formula is C10H19N5O2. The summed E-state index contributed by atoms with van der Waals surface area (Å²) in [5, 5.41) is 3.09. The van der Waals surface area contributed by atoms with E-state index in [-0.39, 0.29) is 12.0 Å². The zero-order valence-electron chi connectivity index (χ0n) is 10.7. The van der Waals surface area contributed by atoms with Gasteiger partial charge in [-0.05, 0) is 20.0 Å². The molecule has 0 spiro atoms. The molecule has 0 aliphatic heterocycles. The van der Waals surface area contributed by atoms with Crippen LogP contribution in [0.2, 0.25) is 0 Å². The van der Waals surface area contributed by atoms with Crippen molar-refractivity contribution in [3.63, 3.8) is 0 Å². The number of anilines is 1.